The van der Waals surface area contributed by atoms with E-state index in [1.807, 2.05) is 18.6 Å². The molecule has 0 bridgehead atoms. The number of aromatic nitrogens is 3. The Labute approximate surface area is 233 Å². The van der Waals surface area contributed by atoms with Gasteiger partial charge in [0.15, 0.2) is 5.82 Å². The summed E-state index contributed by atoms with van der Waals surface area (Å²) in [6.45, 7) is 4.56. The van der Waals surface area contributed by atoms with Crippen molar-refractivity contribution in [3.63, 3.8) is 0 Å². The lowest BCUT2D eigenvalue weighted by atomic mass is 10.0. The van der Waals surface area contributed by atoms with Crippen LogP contribution >= 0.6 is 0 Å². The van der Waals surface area contributed by atoms with Crippen LogP contribution in [0.3, 0.4) is 0 Å². The lowest BCUT2D eigenvalue weighted by Crippen LogP contribution is -1.94. The van der Waals surface area contributed by atoms with E-state index in [4.69, 9.17) is 4.98 Å². The first-order chi connectivity index (χ1) is 18.8. The van der Waals surface area contributed by atoms with Gasteiger partial charge in [-0.25, -0.2) is 9.97 Å². The topological polar surface area (TPSA) is 38.7 Å². The molecule has 38 heavy (non-hydrogen) atoms. The van der Waals surface area contributed by atoms with E-state index in [0.717, 1.165) is 29.1 Å². The van der Waals surface area contributed by atoms with Crippen molar-refractivity contribution >= 4 is 0 Å². The van der Waals surface area contributed by atoms with Crippen LogP contribution < -0.4 is 0 Å². The van der Waals surface area contributed by atoms with Crippen LogP contribution in [0.25, 0.3) is 22.6 Å². The molecule has 0 fully saturated rings. The van der Waals surface area contributed by atoms with Gasteiger partial charge in [0.05, 0.1) is 5.69 Å². The maximum atomic E-state index is 4.71. The van der Waals surface area contributed by atoms with Gasteiger partial charge in [0.2, 0.25) is 0 Å². The zero-order chi connectivity index (χ0) is 26.7. The van der Waals surface area contributed by atoms with Gasteiger partial charge in [0.1, 0.15) is 0 Å². The van der Waals surface area contributed by atoms with Crippen LogP contribution in [0.5, 0.6) is 0 Å². The second-order valence-electron chi connectivity index (χ2n) is 11.0. The molecular weight excluding hydrogens is 462 g/mol. The standard InChI is InChI=1S/C35H51N3/c1-3-5-7-9-11-13-15-17-19-30-21-23-32(24-22-30)34-26-25-33(29-36-34)35-37-27-31(28-38-35)20-18-16-14-12-10-8-6-4-2/h21-29H,3-20H2,1-2H3. The summed E-state index contributed by atoms with van der Waals surface area (Å²) in [5.41, 5.74) is 5.79. The summed E-state index contributed by atoms with van der Waals surface area (Å²) in [7, 11) is 0. The Kier molecular flexibility index (Phi) is 14.7. The van der Waals surface area contributed by atoms with E-state index in [0.29, 0.717) is 0 Å². The number of aryl methyl sites for hydroxylation is 2. The van der Waals surface area contributed by atoms with E-state index in [9.17, 15) is 0 Å². The summed E-state index contributed by atoms with van der Waals surface area (Å²) in [6, 6.07) is 13.1. The minimum atomic E-state index is 0.754. The molecule has 0 spiro atoms. The quantitative estimate of drug-likeness (QED) is 0.141. The molecule has 206 valence electrons. The Bertz CT molecular complexity index is 895. The Morgan fingerprint density at radius 3 is 1.39 bits per heavy atom. The largest absolute Gasteiger partial charge is 0.255 e. The molecule has 0 saturated carbocycles. The molecule has 2 heterocycles. The summed E-state index contributed by atoms with van der Waals surface area (Å²) < 4.78 is 0. The third-order valence-corrected chi connectivity index (χ3v) is 7.61. The lowest BCUT2D eigenvalue weighted by molar-refractivity contribution is 0.575. The maximum absolute atomic E-state index is 4.71. The number of nitrogens with zero attached hydrogens (tertiary/aromatic N) is 3. The fraction of sp³-hybridized carbons (Fsp3) is 0.571. The van der Waals surface area contributed by atoms with Crippen LogP contribution in [0.4, 0.5) is 0 Å². The van der Waals surface area contributed by atoms with Crippen LogP contribution in [-0.2, 0) is 12.8 Å². The summed E-state index contributed by atoms with van der Waals surface area (Å²) >= 11 is 0. The Hall–Kier alpha value is -2.55. The fourth-order valence-corrected chi connectivity index (χ4v) is 5.10. The van der Waals surface area contributed by atoms with E-state index >= 15 is 0 Å². The monoisotopic (exact) mass is 513 g/mol. The minimum absolute atomic E-state index is 0.754. The zero-order valence-corrected chi connectivity index (χ0v) is 24.3. The molecule has 0 saturated heterocycles. The summed E-state index contributed by atoms with van der Waals surface area (Å²) in [6.07, 6.45) is 29.8. The molecule has 0 radical (unpaired) electrons. The van der Waals surface area contributed by atoms with Crippen molar-refractivity contribution in [2.45, 2.75) is 129 Å². The molecule has 0 atom stereocenters. The Balaban J connectivity index is 1.37. The van der Waals surface area contributed by atoms with Crippen molar-refractivity contribution in [3.8, 4) is 22.6 Å². The van der Waals surface area contributed by atoms with Crippen LogP contribution in [0, 0.1) is 0 Å². The smallest absolute Gasteiger partial charge is 0.160 e. The van der Waals surface area contributed by atoms with Crippen LogP contribution in [0.15, 0.2) is 55.0 Å². The number of unbranched alkanes of at least 4 members (excludes halogenated alkanes) is 14. The van der Waals surface area contributed by atoms with Gasteiger partial charge < -0.3 is 0 Å². The van der Waals surface area contributed by atoms with Crippen molar-refractivity contribution < 1.29 is 0 Å². The molecular formula is C35H51N3. The molecule has 0 amide bonds. The van der Waals surface area contributed by atoms with Crippen molar-refractivity contribution in [1.29, 1.82) is 0 Å². The number of hydrogen-bond donors (Lipinski definition) is 0. The van der Waals surface area contributed by atoms with E-state index in [1.54, 1.807) is 0 Å². The lowest BCUT2D eigenvalue weighted by Gasteiger charge is -2.06. The first kappa shape index (κ1) is 30.0. The highest BCUT2D eigenvalue weighted by Gasteiger charge is 2.05. The molecule has 3 rings (SSSR count). The van der Waals surface area contributed by atoms with E-state index in [1.165, 1.54) is 120 Å². The van der Waals surface area contributed by atoms with Crippen molar-refractivity contribution in [2.75, 3.05) is 0 Å². The first-order valence-corrected chi connectivity index (χ1v) is 15.7. The van der Waals surface area contributed by atoms with Crippen molar-refractivity contribution in [1.82, 2.24) is 15.0 Å². The number of pyridine rings is 1. The number of hydrogen-bond acceptors (Lipinski definition) is 3. The molecule has 3 aromatic rings. The van der Waals surface area contributed by atoms with Crippen LogP contribution in [0.1, 0.15) is 128 Å². The molecule has 3 nitrogen and oxygen atoms in total. The van der Waals surface area contributed by atoms with Gasteiger partial charge in [-0.3, -0.25) is 4.98 Å². The maximum Gasteiger partial charge on any atom is 0.160 e. The molecule has 0 N–H and O–H groups in total. The van der Waals surface area contributed by atoms with Crippen molar-refractivity contribution in [2.24, 2.45) is 0 Å². The number of benzene rings is 1. The van der Waals surface area contributed by atoms with Gasteiger partial charge in [0.25, 0.3) is 0 Å². The molecule has 1 aromatic carbocycles. The van der Waals surface area contributed by atoms with Gasteiger partial charge in [-0.2, -0.15) is 0 Å². The SMILES string of the molecule is CCCCCCCCCCc1ccc(-c2ccc(-c3ncc(CCCCCCCCCC)cn3)cn2)cc1. The third kappa shape index (κ3) is 11.5. The molecule has 0 unspecified atom stereocenters. The predicted octanol–water partition coefficient (Wildman–Crippen LogP) is 10.6. The van der Waals surface area contributed by atoms with E-state index in [-0.39, 0.29) is 0 Å². The van der Waals surface area contributed by atoms with Crippen LogP contribution in [-0.4, -0.2) is 15.0 Å². The second kappa shape index (κ2) is 18.7. The molecule has 0 aliphatic rings. The molecule has 0 aliphatic carbocycles. The highest BCUT2D eigenvalue weighted by Crippen LogP contribution is 2.22. The Morgan fingerprint density at radius 2 is 0.895 bits per heavy atom. The van der Waals surface area contributed by atoms with Gasteiger partial charge in [-0.05, 0) is 48.9 Å². The minimum Gasteiger partial charge on any atom is -0.255 e. The van der Waals surface area contributed by atoms with Gasteiger partial charge in [0, 0.05) is 29.7 Å². The Morgan fingerprint density at radius 1 is 0.421 bits per heavy atom. The molecule has 2 aromatic heterocycles. The van der Waals surface area contributed by atoms with Crippen molar-refractivity contribution in [3.05, 3.63) is 66.1 Å². The summed E-state index contributed by atoms with van der Waals surface area (Å²) in [4.78, 5) is 14.0. The second-order valence-corrected chi connectivity index (χ2v) is 11.0. The van der Waals surface area contributed by atoms with Gasteiger partial charge in [-0.15, -0.1) is 0 Å². The van der Waals surface area contributed by atoms with E-state index < -0.39 is 0 Å². The summed E-state index contributed by atoms with van der Waals surface area (Å²) in [5, 5.41) is 0. The average molecular weight is 514 g/mol. The van der Waals surface area contributed by atoms with Gasteiger partial charge >= 0.3 is 0 Å². The van der Waals surface area contributed by atoms with E-state index in [2.05, 4.69) is 60.2 Å². The zero-order valence-electron chi connectivity index (χ0n) is 24.3. The molecule has 3 heteroatoms. The fourth-order valence-electron chi connectivity index (χ4n) is 5.10. The average Bonchev–Trinajstić information content (AvgIpc) is 2.97. The normalized spacial score (nSPS) is 11.2. The number of rotatable bonds is 20. The summed E-state index contributed by atoms with van der Waals surface area (Å²) in [5.74, 6) is 0.754. The first-order valence-electron chi connectivity index (χ1n) is 15.7. The highest BCUT2D eigenvalue weighted by molar-refractivity contribution is 5.63. The molecule has 0 aliphatic heterocycles. The van der Waals surface area contributed by atoms with Crippen LogP contribution in [0.2, 0.25) is 0 Å². The van der Waals surface area contributed by atoms with Gasteiger partial charge in [-0.1, -0.05) is 128 Å². The predicted molar refractivity (Wildman–Crippen MR) is 163 cm³/mol. The highest BCUT2D eigenvalue weighted by atomic mass is 14.9. The third-order valence-electron chi connectivity index (χ3n) is 7.61.